The average molecular weight is 438 g/mol. The lowest BCUT2D eigenvalue weighted by molar-refractivity contribution is -0.132. The first-order valence-electron chi connectivity index (χ1n) is 9.31. The number of carbonyl (C=O) groups excluding carboxylic acids is 2. The van der Waals surface area contributed by atoms with E-state index < -0.39 is 12.0 Å². The van der Waals surface area contributed by atoms with Crippen LogP contribution in [0.1, 0.15) is 12.6 Å². The first-order chi connectivity index (χ1) is 14.6. The Morgan fingerprint density at radius 1 is 1.03 bits per heavy atom. The molecule has 0 fully saturated rings. The predicted octanol–water partition coefficient (Wildman–Crippen LogP) is 4.18. The fourth-order valence-electron chi connectivity index (χ4n) is 2.84. The van der Waals surface area contributed by atoms with Gasteiger partial charge in [0, 0.05) is 5.38 Å². The minimum absolute atomic E-state index is 0.0854. The number of carbonyl (C=O) groups is 2. The quantitative estimate of drug-likeness (QED) is 0.444. The van der Waals surface area contributed by atoms with E-state index in [0.717, 1.165) is 20.7 Å². The van der Waals surface area contributed by atoms with E-state index in [1.807, 2.05) is 65.4 Å². The summed E-state index contributed by atoms with van der Waals surface area (Å²) < 4.78 is 5.71. The SMILES string of the molecule is CC(Oc1ccc2ccccc2c1)C(=O)NNC(=O)Cc1csc(-c2cccs2)n1. The minimum atomic E-state index is -0.767. The van der Waals surface area contributed by atoms with Gasteiger partial charge in [0.1, 0.15) is 10.8 Å². The highest BCUT2D eigenvalue weighted by atomic mass is 32.1. The summed E-state index contributed by atoms with van der Waals surface area (Å²) in [5, 5.41) is 6.84. The molecule has 0 bridgehead atoms. The van der Waals surface area contributed by atoms with Crippen LogP contribution in [0.2, 0.25) is 0 Å². The van der Waals surface area contributed by atoms with Crippen molar-refractivity contribution in [2.24, 2.45) is 0 Å². The van der Waals surface area contributed by atoms with Gasteiger partial charge in [-0.1, -0.05) is 36.4 Å². The van der Waals surface area contributed by atoms with Gasteiger partial charge in [-0.15, -0.1) is 22.7 Å². The Labute approximate surface area is 181 Å². The molecule has 2 aromatic carbocycles. The molecule has 4 rings (SSSR count). The Kier molecular flexibility index (Phi) is 6.06. The van der Waals surface area contributed by atoms with Crippen LogP contribution in [0.3, 0.4) is 0 Å². The van der Waals surface area contributed by atoms with E-state index in [1.165, 1.54) is 11.3 Å². The number of hydrogen-bond donors (Lipinski definition) is 2. The van der Waals surface area contributed by atoms with Gasteiger partial charge in [0.15, 0.2) is 6.10 Å². The van der Waals surface area contributed by atoms with Crippen molar-refractivity contribution < 1.29 is 14.3 Å². The summed E-state index contributed by atoms with van der Waals surface area (Å²) in [7, 11) is 0. The third kappa shape index (κ3) is 4.84. The second kappa shape index (κ2) is 9.06. The van der Waals surface area contributed by atoms with Gasteiger partial charge in [-0.25, -0.2) is 4.98 Å². The van der Waals surface area contributed by atoms with E-state index in [1.54, 1.807) is 18.3 Å². The molecule has 0 aliphatic rings. The normalized spacial score (nSPS) is 11.8. The van der Waals surface area contributed by atoms with Gasteiger partial charge in [0.2, 0.25) is 5.91 Å². The van der Waals surface area contributed by atoms with Crippen molar-refractivity contribution in [2.45, 2.75) is 19.4 Å². The van der Waals surface area contributed by atoms with E-state index in [-0.39, 0.29) is 12.3 Å². The number of hydrogen-bond acceptors (Lipinski definition) is 6. The molecule has 0 aliphatic carbocycles. The highest BCUT2D eigenvalue weighted by Crippen LogP contribution is 2.27. The molecule has 4 aromatic rings. The van der Waals surface area contributed by atoms with Crippen molar-refractivity contribution in [2.75, 3.05) is 0 Å². The maximum absolute atomic E-state index is 12.3. The molecule has 0 spiro atoms. The van der Waals surface area contributed by atoms with E-state index in [9.17, 15) is 9.59 Å². The molecule has 8 heteroatoms. The highest BCUT2D eigenvalue weighted by molar-refractivity contribution is 7.20. The minimum Gasteiger partial charge on any atom is -0.481 e. The zero-order valence-corrected chi connectivity index (χ0v) is 17.8. The van der Waals surface area contributed by atoms with Crippen LogP contribution < -0.4 is 15.6 Å². The van der Waals surface area contributed by atoms with E-state index in [0.29, 0.717) is 11.4 Å². The van der Waals surface area contributed by atoms with Crippen LogP contribution >= 0.6 is 22.7 Å². The first-order valence-corrected chi connectivity index (χ1v) is 11.1. The number of nitrogens with zero attached hydrogens (tertiary/aromatic N) is 1. The number of thiophene rings is 1. The molecule has 30 heavy (non-hydrogen) atoms. The lowest BCUT2D eigenvalue weighted by atomic mass is 10.1. The summed E-state index contributed by atoms with van der Waals surface area (Å²) in [5.74, 6) is -0.190. The monoisotopic (exact) mass is 437 g/mol. The Hall–Kier alpha value is -3.23. The summed E-state index contributed by atoms with van der Waals surface area (Å²) >= 11 is 3.10. The van der Waals surface area contributed by atoms with Crippen LogP contribution in [-0.4, -0.2) is 22.9 Å². The Balaban J connectivity index is 1.27. The lowest BCUT2D eigenvalue weighted by Crippen LogP contribution is -2.47. The molecule has 0 saturated heterocycles. The fraction of sp³-hybridized carbons (Fsp3) is 0.136. The second-order valence-corrected chi connectivity index (χ2v) is 8.41. The Bertz CT molecular complexity index is 1170. The lowest BCUT2D eigenvalue weighted by Gasteiger charge is -2.15. The van der Waals surface area contributed by atoms with Crippen LogP contribution in [-0.2, 0) is 16.0 Å². The number of aromatic nitrogens is 1. The number of ether oxygens (including phenoxy) is 1. The van der Waals surface area contributed by atoms with Crippen LogP contribution in [0, 0.1) is 0 Å². The number of hydrazine groups is 1. The maximum Gasteiger partial charge on any atom is 0.279 e. The molecule has 2 heterocycles. The number of fused-ring (bicyclic) bond motifs is 1. The van der Waals surface area contributed by atoms with Gasteiger partial charge >= 0.3 is 0 Å². The molecular weight excluding hydrogens is 418 g/mol. The average Bonchev–Trinajstić information content (AvgIpc) is 3.44. The standard InChI is InChI=1S/C22H19N3O3S2/c1-14(28-18-9-8-15-5-2-3-6-16(15)11-18)21(27)25-24-20(26)12-17-13-30-22(23-17)19-7-4-10-29-19/h2-11,13-14H,12H2,1H3,(H,24,26)(H,25,27). The molecule has 0 saturated carbocycles. The van der Waals surface area contributed by atoms with Crippen molar-refractivity contribution in [3.63, 3.8) is 0 Å². The van der Waals surface area contributed by atoms with Crippen LogP contribution in [0.15, 0.2) is 65.4 Å². The predicted molar refractivity (Wildman–Crippen MR) is 119 cm³/mol. The van der Waals surface area contributed by atoms with Crippen molar-refractivity contribution in [3.8, 4) is 15.6 Å². The molecule has 6 nitrogen and oxygen atoms in total. The van der Waals surface area contributed by atoms with Gasteiger partial charge < -0.3 is 4.74 Å². The Morgan fingerprint density at radius 2 is 1.87 bits per heavy atom. The van der Waals surface area contributed by atoms with Gasteiger partial charge in [0.05, 0.1) is 17.0 Å². The number of rotatable bonds is 6. The largest absolute Gasteiger partial charge is 0.481 e. The van der Waals surface area contributed by atoms with Gasteiger partial charge in [-0.2, -0.15) is 0 Å². The molecular formula is C22H19N3O3S2. The van der Waals surface area contributed by atoms with E-state index in [4.69, 9.17) is 4.74 Å². The topological polar surface area (TPSA) is 80.3 Å². The van der Waals surface area contributed by atoms with Gasteiger partial charge in [0.25, 0.3) is 5.91 Å². The smallest absolute Gasteiger partial charge is 0.279 e. The molecule has 0 radical (unpaired) electrons. The van der Waals surface area contributed by atoms with Crippen molar-refractivity contribution in [3.05, 3.63) is 71.1 Å². The van der Waals surface area contributed by atoms with Crippen LogP contribution in [0.4, 0.5) is 0 Å². The summed E-state index contributed by atoms with van der Waals surface area (Å²) in [5.41, 5.74) is 5.49. The zero-order valence-electron chi connectivity index (χ0n) is 16.1. The maximum atomic E-state index is 12.3. The number of thiazole rings is 1. The van der Waals surface area contributed by atoms with Crippen molar-refractivity contribution in [1.82, 2.24) is 15.8 Å². The second-order valence-electron chi connectivity index (χ2n) is 6.60. The number of benzene rings is 2. The third-order valence-electron chi connectivity index (χ3n) is 4.35. The van der Waals surface area contributed by atoms with Crippen LogP contribution in [0.25, 0.3) is 20.7 Å². The molecule has 1 unspecified atom stereocenters. The summed E-state index contributed by atoms with van der Waals surface area (Å²) in [4.78, 5) is 29.9. The van der Waals surface area contributed by atoms with Crippen LogP contribution in [0.5, 0.6) is 5.75 Å². The van der Waals surface area contributed by atoms with E-state index in [2.05, 4.69) is 15.8 Å². The summed E-state index contributed by atoms with van der Waals surface area (Å²) in [6, 6.07) is 17.5. The molecule has 0 aliphatic heterocycles. The fourth-order valence-corrected chi connectivity index (χ4v) is 4.48. The van der Waals surface area contributed by atoms with Gasteiger partial charge in [-0.3, -0.25) is 20.4 Å². The van der Waals surface area contributed by atoms with Gasteiger partial charge in [-0.05, 0) is 41.3 Å². The zero-order chi connectivity index (χ0) is 20.9. The Morgan fingerprint density at radius 3 is 2.67 bits per heavy atom. The third-order valence-corrected chi connectivity index (χ3v) is 6.28. The summed E-state index contributed by atoms with van der Waals surface area (Å²) in [6.07, 6.45) is -0.682. The molecule has 1 atom stereocenters. The van der Waals surface area contributed by atoms with Crippen molar-refractivity contribution >= 4 is 45.3 Å². The first kappa shape index (κ1) is 20.1. The number of nitrogens with one attached hydrogen (secondary N) is 2. The molecule has 2 aromatic heterocycles. The highest BCUT2D eigenvalue weighted by Gasteiger charge is 2.16. The van der Waals surface area contributed by atoms with E-state index >= 15 is 0 Å². The molecule has 152 valence electrons. The summed E-state index contributed by atoms with van der Waals surface area (Å²) in [6.45, 7) is 1.63. The molecule has 2 amide bonds. The molecule has 2 N–H and O–H groups in total. The van der Waals surface area contributed by atoms with Crippen molar-refractivity contribution in [1.29, 1.82) is 0 Å². The number of amides is 2.